The molecule has 0 aliphatic rings. The summed E-state index contributed by atoms with van der Waals surface area (Å²) in [6.45, 7) is 2.92. The predicted octanol–water partition coefficient (Wildman–Crippen LogP) is 4.46. The number of benzene rings is 2. The first kappa shape index (κ1) is 23.5. The molecule has 2 aromatic rings. The highest BCUT2D eigenvalue weighted by Gasteiger charge is 2.20. The van der Waals surface area contributed by atoms with Gasteiger partial charge in [-0.15, -0.1) is 6.42 Å². The highest BCUT2D eigenvalue weighted by molar-refractivity contribution is 9.10. The number of allylic oxidation sites excluding steroid dienone is 1. The maximum absolute atomic E-state index is 12.8. The van der Waals surface area contributed by atoms with E-state index >= 15 is 0 Å². The topological polar surface area (TPSA) is 56.8 Å². The van der Waals surface area contributed by atoms with Crippen LogP contribution >= 0.6 is 15.9 Å². The van der Waals surface area contributed by atoms with Crippen molar-refractivity contribution in [2.45, 2.75) is 19.4 Å². The van der Waals surface area contributed by atoms with E-state index in [2.05, 4.69) is 27.2 Å². The molecule has 0 radical (unpaired) electrons. The van der Waals surface area contributed by atoms with Crippen molar-refractivity contribution in [1.29, 1.82) is 0 Å². The van der Waals surface area contributed by atoms with Crippen LogP contribution in [-0.2, 0) is 16.0 Å². The van der Waals surface area contributed by atoms with Gasteiger partial charge in [0.05, 0.1) is 13.7 Å². The van der Waals surface area contributed by atoms with Crippen LogP contribution < -0.4 is 14.8 Å². The molecule has 0 saturated carbocycles. The van der Waals surface area contributed by atoms with Crippen LogP contribution in [0.2, 0.25) is 0 Å². The predicted molar refractivity (Wildman–Crippen MR) is 122 cm³/mol. The van der Waals surface area contributed by atoms with Gasteiger partial charge in [-0.1, -0.05) is 52.2 Å². The molecule has 0 saturated heterocycles. The van der Waals surface area contributed by atoms with Gasteiger partial charge in [0.1, 0.15) is 6.61 Å². The van der Waals surface area contributed by atoms with Crippen LogP contribution in [0, 0.1) is 12.3 Å². The molecule has 30 heavy (non-hydrogen) atoms. The molecule has 1 atom stereocenters. The maximum Gasteiger partial charge on any atom is 0.253 e. The minimum absolute atomic E-state index is 0.177. The fourth-order valence-electron chi connectivity index (χ4n) is 2.74. The largest absolute Gasteiger partial charge is 0.493 e. The summed E-state index contributed by atoms with van der Waals surface area (Å²) in [5.41, 5.74) is 1.81. The summed E-state index contributed by atoms with van der Waals surface area (Å²) >= 11 is 3.41. The van der Waals surface area contributed by atoms with Gasteiger partial charge in [0.15, 0.2) is 17.6 Å². The minimum atomic E-state index is -0.677. The summed E-state index contributed by atoms with van der Waals surface area (Å²) < 4.78 is 17.6. The average Bonchev–Trinajstić information content (AvgIpc) is 2.76. The van der Waals surface area contributed by atoms with Crippen molar-refractivity contribution in [3.63, 3.8) is 0 Å². The van der Waals surface area contributed by atoms with Gasteiger partial charge >= 0.3 is 0 Å². The molecule has 5 nitrogen and oxygen atoms in total. The fraction of sp³-hybridized carbons (Fsp3) is 0.292. The Morgan fingerprint density at radius 2 is 2.00 bits per heavy atom. The Labute approximate surface area is 186 Å². The van der Waals surface area contributed by atoms with E-state index in [-0.39, 0.29) is 12.5 Å². The van der Waals surface area contributed by atoms with Gasteiger partial charge in [-0.25, -0.2) is 0 Å². The van der Waals surface area contributed by atoms with Crippen LogP contribution in [0.5, 0.6) is 11.5 Å². The first-order valence-corrected chi connectivity index (χ1v) is 10.4. The molecule has 0 aliphatic heterocycles. The van der Waals surface area contributed by atoms with Gasteiger partial charge in [-0.3, -0.25) is 4.79 Å². The van der Waals surface area contributed by atoms with E-state index in [1.165, 1.54) is 0 Å². The second kappa shape index (κ2) is 12.7. The van der Waals surface area contributed by atoms with E-state index < -0.39 is 6.10 Å². The average molecular weight is 472 g/mol. The van der Waals surface area contributed by atoms with Crippen molar-refractivity contribution in [3.05, 3.63) is 70.2 Å². The Morgan fingerprint density at radius 3 is 2.67 bits per heavy atom. The molecule has 0 bridgehead atoms. The lowest BCUT2D eigenvalue weighted by Gasteiger charge is -2.18. The summed E-state index contributed by atoms with van der Waals surface area (Å²) in [6, 6.07) is 13.2. The Hall–Kier alpha value is -2.75. The third-order valence-electron chi connectivity index (χ3n) is 4.26. The fourth-order valence-corrected chi connectivity index (χ4v) is 3.00. The van der Waals surface area contributed by atoms with E-state index in [9.17, 15) is 4.79 Å². The van der Waals surface area contributed by atoms with Gasteiger partial charge in [0.2, 0.25) is 0 Å². The molecule has 1 N–H and O–H groups in total. The normalized spacial score (nSPS) is 11.7. The molecule has 2 aromatic carbocycles. The SMILES string of the molecule is C#CCOc1ccc(CCNC(=O)C(OC/C=C/C)c2ccc(Br)cc2)cc1OC. The van der Waals surface area contributed by atoms with Crippen molar-refractivity contribution >= 4 is 21.8 Å². The standard InChI is InChI=1S/C24H26BrNO4/c1-4-6-16-30-23(19-8-10-20(25)11-9-19)24(27)26-14-13-18-7-12-21(29-15-5-2)22(17-18)28-3/h2,4,6-12,17,23H,13-16H2,1,3H3,(H,26,27)/b6-4+. The van der Waals surface area contributed by atoms with Crippen LogP contribution in [0.15, 0.2) is 59.1 Å². The quantitative estimate of drug-likeness (QED) is 0.388. The highest BCUT2D eigenvalue weighted by Crippen LogP contribution is 2.28. The van der Waals surface area contributed by atoms with Gasteiger partial charge in [-0.05, 0) is 48.7 Å². The van der Waals surface area contributed by atoms with E-state index in [0.717, 1.165) is 15.6 Å². The highest BCUT2D eigenvalue weighted by atomic mass is 79.9. The number of methoxy groups -OCH3 is 1. The smallest absolute Gasteiger partial charge is 0.253 e. The zero-order valence-electron chi connectivity index (χ0n) is 17.2. The monoisotopic (exact) mass is 471 g/mol. The first-order valence-electron chi connectivity index (χ1n) is 9.58. The van der Waals surface area contributed by atoms with Gasteiger partial charge in [-0.2, -0.15) is 0 Å². The molecule has 2 rings (SSSR count). The summed E-state index contributed by atoms with van der Waals surface area (Å²) in [5.74, 6) is 3.45. The third-order valence-corrected chi connectivity index (χ3v) is 4.79. The van der Waals surface area contributed by atoms with E-state index in [1.54, 1.807) is 7.11 Å². The van der Waals surface area contributed by atoms with Crippen LogP contribution in [-0.4, -0.2) is 32.8 Å². The van der Waals surface area contributed by atoms with E-state index in [0.29, 0.717) is 31.1 Å². The Bertz CT molecular complexity index is 887. The van der Waals surface area contributed by atoms with Crippen molar-refractivity contribution in [3.8, 4) is 23.8 Å². The zero-order valence-corrected chi connectivity index (χ0v) is 18.8. The van der Waals surface area contributed by atoms with Crippen molar-refractivity contribution in [2.24, 2.45) is 0 Å². The minimum Gasteiger partial charge on any atom is -0.493 e. The van der Waals surface area contributed by atoms with Crippen LogP contribution in [0.3, 0.4) is 0 Å². The molecule has 158 valence electrons. The molecule has 0 aromatic heterocycles. The van der Waals surface area contributed by atoms with Gasteiger partial charge in [0, 0.05) is 11.0 Å². The molecule has 1 amide bonds. The molecule has 0 spiro atoms. The summed E-state index contributed by atoms with van der Waals surface area (Å²) in [5, 5.41) is 2.96. The lowest BCUT2D eigenvalue weighted by atomic mass is 10.1. The van der Waals surface area contributed by atoms with Crippen molar-refractivity contribution in [1.82, 2.24) is 5.32 Å². The number of carbonyl (C=O) groups is 1. The third kappa shape index (κ3) is 7.25. The molecule has 6 heteroatoms. The molecule has 0 aliphatic carbocycles. The first-order chi connectivity index (χ1) is 14.6. The lowest BCUT2D eigenvalue weighted by molar-refractivity contribution is -0.132. The number of halogens is 1. The number of hydrogen-bond donors (Lipinski definition) is 1. The summed E-state index contributed by atoms with van der Waals surface area (Å²) in [4.78, 5) is 12.8. The molecule has 0 heterocycles. The molecular formula is C24H26BrNO4. The maximum atomic E-state index is 12.8. The van der Waals surface area contributed by atoms with Crippen LogP contribution in [0.25, 0.3) is 0 Å². The Balaban J connectivity index is 1.99. The van der Waals surface area contributed by atoms with Gasteiger partial charge < -0.3 is 19.5 Å². The number of amides is 1. The molecular weight excluding hydrogens is 446 g/mol. The number of rotatable bonds is 11. The number of hydrogen-bond acceptors (Lipinski definition) is 4. The number of ether oxygens (including phenoxy) is 3. The Kier molecular flexibility index (Phi) is 9.99. The van der Waals surface area contributed by atoms with Gasteiger partial charge in [0.25, 0.3) is 5.91 Å². The molecule has 0 fully saturated rings. The van der Waals surface area contributed by atoms with E-state index in [1.807, 2.05) is 61.5 Å². The number of carbonyl (C=O) groups excluding carboxylic acids is 1. The van der Waals surface area contributed by atoms with Crippen LogP contribution in [0.1, 0.15) is 24.2 Å². The van der Waals surface area contributed by atoms with Crippen molar-refractivity contribution < 1.29 is 19.0 Å². The van der Waals surface area contributed by atoms with Crippen molar-refractivity contribution in [2.75, 3.05) is 26.9 Å². The Morgan fingerprint density at radius 1 is 1.23 bits per heavy atom. The second-order valence-electron chi connectivity index (χ2n) is 6.35. The number of nitrogens with one attached hydrogen (secondary N) is 1. The van der Waals surface area contributed by atoms with E-state index in [4.69, 9.17) is 20.6 Å². The second-order valence-corrected chi connectivity index (χ2v) is 7.27. The lowest BCUT2D eigenvalue weighted by Crippen LogP contribution is -2.32. The summed E-state index contributed by atoms with van der Waals surface area (Å²) in [7, 11) is 1.58. The van der Waals surface area contributed by atoms with Crippen LogP contribution in [0.4, 0.5) is 0 Å². The molecule has 1 unspecified atom stereocenters. The number of terminal acetylenes is 1. The zero-order chi connectivity index (χ0) is 21.8. The summed E-state index contributed by atoms with van der Waals surface area (Å²) in [6.07, 6.45) is 8.95.